The molecule has 1 unspecified atom stereocenters. The summed E-state index contributed by atoms with van der Waals surface area (Å²) in [7, 11) is 0. The first-order chi connectivity index (χ1) is 11.3. The number of aromatic nitrogens is 2. The Morgan fingerprint density at radius 2 is 2.08 bits per heavy atom. The normalized spacial score (nSPS) is 27.3. The zero-order chi connectivity index (χ0) is 17.5. The number of nitrogens with one attached hydrogen (secondary N) is 2. The van der Waals surface area contributed by atoms with Crippen molar-refractivity contribution in [1.82, 2.24) is 20.8 Å². The molecule has 3 aliphatic carbocycles. The van der Waals surface area contributed by atoms with E-state index < -0.39 is 11.8 Å². The minimum absolute atomic E-state index is 0.0985. The molecule has 0 radical (unpaired) electrons. The average molecular weight is 332 g/mol. The lowest BCUT2D eigenvalue weighted by molar-refractivity contribution is -0.140. The van der Waals surface area contributed by atoms with Gasteiger partial charge in [0.25, 0.3) is 0 Å². The van der Waals surface area contributed by atoms with Crippen LogP contribution in [0, 0.1) is 24.2 Å². The Morgan fingerprint density at radius 1 is 1.33 bits per heavy atom. The molecule has 1 aromatic heterocycles. The second-order valence-corrected chi connectivity index (χ2v) is 7.38. The van der Waals surface area contributed by atoms with E-state index in [0.29, 0.717) is 30.0 Å². The van der Waals surface area contributed by atoms with Crippen LogP contribution in [0.3, 0.4) is 0 Å². The highest BCUT2D eigenvalue weighted by Gasteiger charge is 2.54. The Morgan fingerprint density at radius 3 is 2.67 bits per heavy atom. The lowest BCUT2D eigenvalue weighted by Gasteiger charge is -2.59. The Balaban J connectivity index is 1.45. The van der Waals surface area contributed by atoms with Gasteiger partial charge in [-0.2, -0.15) is 4.98 Å². The second-order valence-electron chi connectivity index (χ2n) is 7.38. The third kappa shape index (κ3) is 2.95. The summed E-state index contributed by atoms with van der Waals surface area (Å²) in [5.74, 6) is 0.759. The molecule has 130 valence electrons. The largest absolute Gasteiger partial charge is 0.347 e. The maximum atomic E-state index is 12.1. The van der Waals surface area contributed by atoms with Crippen molar-refractivity contribution >= 4 is 11.8 Å². The fourth-order valence-electron chi connectivity index (χ4n) is 3.90. The summed E-state index contributed by atoms with van der Waals surface area (Å²) >= 11 is 0. The fourth-order valence-corrected chi connectivity index (χ4v) is 3.90. The summed E-state index contributed by atoms with van der Waals surface area (Å²) in [6, 6.07) is -0.0985. The van der Waals surface area contributed by atoms with Gasteiger partial charge in [-0.25, -0.2) is 0 Å². The van der Waals surface area contributed by atoms with Crippen molar-refractivity contribution in [2.45, 2.75) is 46.1 Å². The molecule has 24 heavy (non-hydrogen) atoms. The molecule has 3 aliphatic rings. The summed E-state index contributed by atoms with van der Waals surface area (Å²) in [4.78, 5) is 28.0. The highest BCUT2D eigenvalue weighted by Crippen LogP contribution is 2.60. The van der Waals surface area contributed by atoms with E-state index in [0.717, 1.165) is 18.4 Å². The molecule has 2 N–H and O–H groups in total. The van der Waals surface area contributed by atoms with Crippen molar-refractivity contribution in [2.75, 3.05) is 6.54 Å². The standard InChI is InChI=1S/C17H24N4O3/c1-9-12-7-11(17(12,3)4)8-13(9)20-16(23)15(22)18-6-5-14-19-10(2)21-24-14/h11-13H,1,5-8H2,2-4H3,(H,18,22)(H,20,23)/t11-,12+,13?/m1/s1. The van der Waals surface area contributed by atoms with Crippen LogP contribution in [-0.4, -0.2) is 34.5 Å². The number of carbonyl (C=O) groups excluding carboxylic acids is 2. The van der Waals surface area contributed by atoms with E-state index in [2.05, 4.69) is 41.2 Å². The van der Waals surface area contributed by atoms with E-state index >= 15 is 0 Å². The Hall–Kier alpha value is -2.18. The van der Waals surface area contributed by atoms with Crippen molar-refractivity contribution in [2.24, 2.45) is 17.3 Å². The summed E-state index contributed by atoms with van der Waals surface area (Å²) < 4.78 is 4.95. The third-order valence-corrected chi connectivity index (χ3v) is 5.59. The fraction of sp³-hybridized carbons (Fsp3) is 0.647. The number of hydrogen-bond acceptors (Lipinski definition) is 5. The summed E-state index contributed by atoms with van der Waals surface area (Å²) in [6.07, 6.45) is 2.41. The molecule has 4 rings (SSSR count). The van der Waals surface area contributed by atoms with Crippen LogP contribution in [0.2, 0.25) is 0 Å². The number of carbonyl (C=O) groups is 2. The highest BCUT2D eigenvalue weighted by atomic mass is 16.5. The first-order valence-electron chi connectivity index (χ1n) is 8.35. The number of aryl methyl sites for hydroxylation is 1. The van der Waals surface area contributed by atoms with E-state index in [1.165, 1.54) is 0 Å². The molecule has 7 nitrogen and oxygen atoms in total. The monoisotopic (exact) mass is 332 g/mol. The first-order valence-corrected chi connectivity index (χ1v) is 8.35. The molecule has 1 heterocycles. The van der Waals surface area contributed by atoms with Gasteiger partial charge in [-0.3, -0.25) is 9.59 Å². The van der Waals surface area contributed by atoms with Crippen LogP contribution >= 0.6 is 0 Å². The molecule has 7 heteroatoms. The van der Waals surface area contributed by atoms with Gasteiger partial charge >= 0.3 is 11.8 Å². The zero-order valence-electron chi connectivity index (χ0n) is 14.4. The van der Waals surface area contributed by atoms with Crippen molar-refractivity contribution in [1.29, 1.82) is 0 Å². The van der Waals surface area contributed by atoms with Crippen molar-refractivity contribution in [3.63, 3.8) is 0 Å². The predicted octanol–water partition coefficient (Wildman–Crippen LogP) is 1.14. The van der Waals surface area contributed by atoms with Crippen LogP contribution in [0.25, 0.3) is 0 Å². The molecule has 0 spiro atoms. The van der Waals surface area contributed by atoms with Crippen molar-refractivity contribution in [3.8, 4) is 0 Å². The number of rotatable bonds is 4. The minimum Gasteiger partial charge on any atom is -0.347 e. The van der Waals surface area contributed by atoms with Gasteiger partial charge in [0, 0.05) is 13.0 Å². The van der Waals surface area contributed by atoms with Gasteiger partial charge in [-0.05, 0) is 37.0 Å². The van der Waals surface area contributed by atoms with Crippen LogP contribution in [0.15, 0.2) is 16.7 Å². The molecule has 3 saturated carbocycles. The van der Waals surface area contributed by atoms with E-state index in [4.69, 9.17) is 4.52 Å². The molecule has 0 aliphatic heterocycles. The Labute approximate surface area is 141 Å². The topological polar surface area (TPSA) is 97.1 Å². The molecule has 3 atom stereocenters. The zero-order valence-corrected chi connectivity index (χ0v) is 14.4. The number of fused-ring (bicyclic) bond motifs is 2. The van der Waals surface area contributed by atoms with Gasteiger partial charge in [0.1, 0.15) is 0 Å². The minimum atomic E-state index is -0.641. The van der Waals surface area contributed by atoms with Gasteiger partial charge in [-0.1, -0.05) is 31.2 Å². The Bertz CT molecular complexity index is 679. The summed E-state index contributed by atoms with van der Waals surface area (Å²) in [5.41, 5.74) is 1.31. The lowest BCUT2D eigenvalue weighted by Crippen LogP contribution is -2.58. The maximum Gasteiger partial charge on any atom is 0.309 e. The van der Waals surface area contributed by atoms with Gasteiger partial charge in [0.2, 0.25) is 5.89 Å². The molecular formula is C17H24N4O3. The molecule has 3 fully saturated rings. The van der Waals surface area contributed by atoms with Gasteiger partial charge in [0.15, 0.2) is 5.82 Å². The third-order valence-electron chi connectivity index (χ3n) is 5.59. The molecule has 2 amide bonds. The van der Waals surface area contributed by atoms with Crippen LogP contribution in [0.1, 0.15) is 38.4 Å². The highest BCUT2D eigenvalue weighted by molar-refractivity contribution is 6.35. The van der Waals surface area contributed by atoms with Crippen molar-refractivity contribution < 1.29 is 14.1 Å². The quantitative estimate of drug-likeness (QED) is 0.637. The second kappa shape index (κ2) is 6.03. The Kier molecular flexibility index (Phi) is 4.19. The lowest BCUT2D eigenvalue weighted by atomic mass is 9.46. The molecular weight excluding hydrogens is 308 g/mol. The van der Waals surface area contributed by atoms with Gasteiger partial charge in [-0.15, -0.1) is 0 Å². The average Bonchev–Trinajstić information content (AvgIpc) is 2.93. The molecule has 0 aromatic carbocycles. The number of nitrogens with zero attached hydrogens (tertiary/aromatic N) is 2. The van der Waals surface area contributed by atoms with Crippen LogP contribution in [-0.2, 0) is 16.0 Å². The maximum absolute atomic E-state index is 12.1. The van der Waals surface area contributed by atoms with Crippen molar-refractivity contribution in [3.05, 3.63) is 23.9 Å². The molecule has 1 aromatic rings. The molecule has 2 bridgehead atoms. The van der Waals surface area contributed by atoms with Crippen LogP contribution in [0.5, 0.6) is 0 Å². The van der Waals surface area contributed by atoms with E-state index in [1.54, 1.807) is 6.92 Å². The number of hydrogen-bond donors (Lipinski definition) is 2. The summed E-state index contributed by atoms with van der Waals surface area (Å²) in [6.45, 7) is 10.7. The van der Waals surface area contributed by atoms with E-state index in [-0.39, 0.29) is 18.0 Å². The predicted molar refractivity (Wildman–Crippen MR) is 86.8 cm³/mol. The smallest absolute Gasteiger partial charge is 0.309 e. The number of amides is 2. The SMILES string of the molecule is C=C1C(NC(=O)C(=O)NCCc2nc(C)no2)C[C@H]2C[C@@H]1C2(C)C. The van der Waals surface area contributed by atoms with Crippen LogP contribution in [0.4, 0.5) is 0 Å². The first kappa shape index (κ1) is 16.7. The van der Waals surface area contributed by atoms with Crippen LogP contribution < -0.4 is 10.6 Å². The van der Waals surface area contributed by atoms with E-state index in [1.807, 2.05) is 0 Å². The van der Waals surface area contributed by atoms with E-state index in [9.17, 15) is 9.59 Å². The van der Waals surface area contributed by atoms with Gasteiger partial charge < -0.3 is 15.2 Å². The summed E-state index contributed by atoms with van der Waals surface area (Å²) in [5, 5.41) is 9.06. The van der Waals surface area contributed by atoms with Gasteiger partial charge in [0.05, 0.1) is 6.04 Å². The molecule has 0 saturated heterocycles.